The molecule has 2 aromatic rings. The van der Waals surface area contributed by atoms with Crippen molar-refractivity contribution in [3.63, 3.8) is 0 Å². The predicted molar refractivity (Wildman–Crippen MR) is 76.7 cm³/mol. The van der Waals surface area contributed by atoms with Crippen molar-refractivity contribution in [1.82, 2.24) is 4.72 Å². The van der Waals surface area contributed by atoms with Crippen molar-refractivity contribution in [2.45, 2.75) is 4.90 Å². The molecule has 2 aromatic carbocycles. The van der Waals surface area contributed by atoms with Gasteiger partial charge >= 0.3 is 0 Å². The Balaban J connectivity index is 2.48. The highest BCUT2D eigenvalue weighted by molar-refractivity contribution is 7.89. The minimum absolute atomic E-state index is 0.0709. The van der Waals surface area contributed by atoms with Crippen LogP contribution in [-0.2, 0) is 10.0 Å². The van der Waals surface area contributed by atoms with Crippen molar-refractivity contribution in [3.05, 3.63) is 48.0 Å². The molecule has 0 unspecified atom stereocenters. The van der Waals surface area contributed by atoms with E-state index in [2.05, 4.69) is 10.0 Å². The van der Waals surface area contributed by atoms with Crippen LogP contribution in [0, 0.1) is 11.6 Å². The Bertz CT molecular complexity index is 759. The van der Waals surface area contributed by atoms with Gasteiger partial charge in [0.05, 0.1) is 16.3 Å². The van der Waals surface area contributed by atoms with E-state index < -0.39 is 27.3 Å². The number of sulfonamides is 1. The van der Waals surface area contributed by atoms with Crippen molar-refractivity contribution < 1.29 is 17.2 Å². The van der Waals surface area contributed by atoms with E-state index in [1.165, 1.54) is 31.3 Å². The lowest BCUT2D eigenvalue weighted by molar-refractivity contribution is 0.588. The average molecular weight is 313 g/mol. The smallest absolute Gasteiger partial charge is 0.240 e. The number of hydrogen-bond acceptors (Lipinski definition) is 4. The van der Waals surface area contributed by atoms with Crippen molar-refractivity contribution in [1.29, 1.82) is 0 Å². The van der Waals surface area contributed by atoms with Gasteiger partial charge in [-0.05, 0) is 37.4 Å². The lowest BCUT2D eigenvalue weighted by Gasteiger charge is -2.12. The monoisotopic (exact) mass is 313 g/mol. The quantitative estimate of drug-likeness (QED) is 0.756. The Morgan fingerprint density at radius 3 is 2.29 bits per heavy atom. The minimum Gasteiger partial charge on any atom is -0.397 e. The standard InChI is InChI=1S/C13H13F2N3O2S/c1-17-21(19,20)8-5-6-11(16)12(7-8)18-13-9(14)3-2-4-10(13)15/h2-7,17-18H,16H2,1H3. The molecule has 8 heteroatoms. The van der Waals surface area contributed by atoms with E-state index in [9.17, 15) is 17.2 Å². The molecule has 2 rings (SSSR count). The van der Waals surface area contributed by atoms with Gasteiger partial charge in [-0.3, -0.25) is 0 Å². The van der Waals surface area contributed by atoms with Gasteiger partial charge in [-0.1, -0.05) is 6.07 Å². The Labute approximate surface area is 120 Å². The summed E-state index contributed by atoms with van der Waals surface area (Å²) in [5, 5.41) is 2.48. The number of hydrogen-bond donors (Lipinski definition) is 3. The Hall–Kier alpha value is -2.19. The van der Waals surface area contributed by atoms with Crippen molar-refractivity contribution in [3.8, 4) is 0 Å². The molecule has 0 aliphatic carbocycles. The van der Waals surface area contributed by atoms with Crippen LogP contribution >= 0.6 is 0 Å². The normalized spacial score (nSPS) is 11.4. The summed E-state index contributed by atoms with van der Waals surface area (Å²) in [5.74, 6) is -1.62. The van der Waals surface area contributed by atoms with Gasteiger partial charge < -0.3 is 11.1 Å². The zero-order valence-corrected chi connectivity index (χ0v) is 11.8. The topological polar surface area (TPSA) is 84.2 Å². The van der Waals surface area contributed by atoms with Gasteiger partial charge in [-0.25, -0.2) is 21.9 Å². The molecule has 0 aliphatic heterocycles. The van der Waals surface area contributed by atoms with Crippen LogP contribution in [0.4, 0.5) is 25.8 Å². The van der Waals surface area contributed by atoms with Crippen LogP contribution in [0.5, 0.6) is 0 Å². The molecular formula is C13H13F2N3O2S. The molecule has 4 N–H and O–H groups in total. The molecular weight excluding hydrogens is 300 g/mol. The largest absolute Gasteiger partial charge is 0.397 e. The second-order valence-electron chi connectivity index (χ2n) is 4.18. The fraction of sp³-hybridized carbons (Fsp3) is 0.0769. The van der Waals surface area contributed by atoms with Crippen LogP contribution in [0.25, 0.3) is 0 Å². The van der Waals surface area contributed by atoms with Crippen LogP contribution < -0.4 is 15.8 Å². The van der Waals surface area contributed by atoms with Gasteiger partial charge in [-0.2, -0.15) is 0 Å². The van der Waals surface area contributed by atoms with Gasteiger partial charge in [0.25, 0.3) is 0 Å². The van der Waals surface area contributed by atoms with E-state index in [4.69, 9.17) is 5.73 Å². The molecule has 112 valence electrons. The SMILES string of the molecule is CNS(=O)(=O)c1ccc(N)c(Nc2c(F)cccc2F)c1. The molecule has 0 saturated heterocycles. The molecule has 0 fully saturated rings. The molecule has 0 aliphatic rings. The van der Waals surface area contributed by atoms with Crippen LogP contribution in [0.1, 0.15) is 0 Å². The van der Waals surface area contributed by atoms with Crippen molar-refractivity contribution in [2.75, 3.05) is 18.1 Å². The number of nitrogens with one attached hydrogen (secondary N) is 2. The summed E-state index contributed by atoms with van der Waals surface area (Å²) in [4.78, 5) is -0.0709. The second kappa shape index (κ2) is 5.66. The van der Waals surface area contributed by atoms with Crippen LogP contribution in [-0.4, -0.2) is 15.5 Å². The van der Waals surface area contributed by atoms with Gasteiger partial charge in [-0.15, -0.1) is 0 Å². The predicted octanol–water partition coefficient (Wildman–Crippen LogP) is 2.20. The lowest BCUT2D eigenvalue weighted by atomic mass is 10.2. The number of anilines is 3. The van der Waals surface area contributed by atoms with Crippen LogP contribution in [0.3, 0.4) is 0 Å². The molecule has 0 heterocycles. The molecule has 0 aromatic heterocycles. The first-order chi connectivity index (χ1) is 9.85. The highest BCUT2D eigenvalue weighted by Gasteiger charge is 2.15. The number of para-hydroxylation sites is 1. The molecule has 21 heavy (non-hydrogen) atoms. The third kappa shape index (κ3) is 3.11. The highest BCUT2D eigenvalue weighted by Crippen LogP contribution is 2.29. The fourth-order valence-electron chi connectivity index (χ4n) is 1.68. The van der Waals surface area contributed by atoms with Crippen molar-refractivity contribution >= 4 is 27.1 Å². The Kier molecular flexibility index (Phi) is 4.10. The Morgan fingerprint density at radius 1 is 1.10 bits per heavy atom. The number of benzene rings is 2. The third-order valence-corrected chi connectivity index (χ3v) is 4.24. The highest BCUT2D eigenvalue weighted by atomic mass is 32.2. The molecule has 0 atom stereocenters. The van der Waals surface area contributed by atoms with E-state index >= 15 is 0 Å². The number of nitrogens with two attached hydrogens (primary N) is 1. The molecule has 0 spiro atoms. The first kappa shape index (κ1) is 15.2. The molecule has 0 radical (unpaired) electrons. The summed E-state index contributed by atoms with van der Waals surface area (Å²) < 4.78 is 52.8. The number of nitrogen functional groups attached to an aromatic ring is 1. The lowest BCUT2D eigenvalue weighted by Crippen LogP contribution is -2.18. The third-order valence-electron chi connectivity index (χ3n) is 2.83. The van der Waals surface area contributed by atoms with E-state index in [1.807, 2.05) is 0 Å². The summed E-state index contributed by atoms with van der Waals surface area (Å²) in [6.45, 7) is 0. The maximum absolute atomic E-state index is 13.6. The summed E-state index contributed by atoms with van der Waals surface area (Å²) >= 11 is 0. The number of halogens is 2. The number of rotatable bonds is 4. The van der Waals surface area contributed by atoms with Gasteiger partial charge in [0, 0.05) is 0 Å². The Morgan fingerprint density at radius 2 is 1.71 bits per heavy atom. The summed E-state index contributed by atoms with van der Waals surface area (Å²) in [5.41, 5.74) is 5.55. The van der Waals surface area contributed by atoms with Crippen LogP contribution in [0.2, 0.25) is 0 Å². The maximum Gasteiger partial charge on any atom is 0.240 e. The summed E-state index contributed by atoms with van der Waals surface area (Å²) in [7, 11) is -2.42. The molecule has 0 saturated carbocycles. The molecule has 5 nitrogen and oxygen atoms in total. The zero-order chi connectivity index (χ0) is 15.6. The second-order valence-corrected chi connectivity index (χ2v) is 6.06. The van der Waals surface area contributed by atoms with Gasteiger partial charge in [0.1, 0.15) is 17.3 Å². The molecule has 0 amide bonds. The van der Waals surface area contributed by atoms with E-state index in [-0.39, 0.29) is 16.3 Å². The van der Waals surface area contributed by atoms with Gasteiger partial charge in [0.2, 0.25) is 10.0 Å². The summed E-state index contributed by atoms with van der Waals surface area (Å²) in [6, 6.07) is 7.22. The van der Waals surface area contributed by atoms with E-state index in [1.54, 1.807) is 0 Å². The van der Waals surface area contributed by atoms with E-state index in [0.29, 0.717) is 0 Å². The van der Waals surface area contributed by atoms with Crippen molar-refractivity contribution in [2.24, 2.45) is 0 Å². The van der Waals surface area contributed by atoms with Crippen LogP contribution in [0.15, 0.2) is 41.3 Å². The summed E-state index contributed by atoms with van der Waals surface area (Å²) in [6.07, 6.45) is 0. The maximum atomic E-state index is 13.6. The average Bonchev–Trinajstić information content (AvgIpc) is 2.44. The first-order valence-corrected chi connectivity index (χ1v) is 7.37. The minimum atomic E-state index is -3.68. The first-order valence-electron chi connectivity index (χ1n) is 5.89. The van der Waals surface area contributed by atoms with Gasteiger partial charge in [0.15, 0.2) is 0 Å². The molecule has 0 bridgehead atoms. The van der Waals surface area contributed by atoms with E-state index in [0.717, 1.165) is 12.1 Å². The zero-order valence-electron chi connectivity index (χ0n) is 11.0. The fourth-order valence-corrected chi connectivity index (χ4v) is 2.44.